The number of rotatable bonds is 4. The Balaban J connectivity index is 1.55. The van der Waals surface area contributed by atoms with Gasteiger partial charge in [-0.1, -0.05) is 12.1 Å². The van der Waals surface area contributed by atoms with Crippen LogP contribution >= 0.6 is 11.3 Å². The monoisotopic (exact) mass is 389 g/mol. The number of aromatic nitrogens is 2. The summed E-state index contributed by atoms with van der Waals surface area (Å²) in [5, 5.41) is 6.38. The van der Waals surface area contributed by atoms with E-state index in [-0.39, 0.29) is 5.91 Å². The third kappa shape index (κ3) is 3.59. The van der Waals surface area contributed by atoms with Gasteiger partial charge in [0.1, 0.15) is 5.75 Å². The highest BCUT2D eigenvalue weighted by Gasteiger charge is 2.12. The maximum atomic E-state index is 12.6. The van der Waals surface area contributed by atoms with Crippen LogP contribution in [-0.2, 0) is 0 Å². The molecule has 0 atom stereocenters. The van der Waals surface area contributed by atoms with Gasteiger partial charge in [0.05, 0.1) is 18.3 Å². The molecule has 28 heavy (non-hydrogen) atoms. The van der Waals surface area contributed by atoms with Crippen molar-refractivity contribution < 1.29 is 9.53 Å². The Labute approximate surface area is 167 Å². The van der Waals surface area contributed by atoms with Crippen molar-refractivity contribution in [2.75, 3.05) is 12.4 Å². The van der Waals surface area contributed by atoms with Crippen LogP contribution in [0, 0.1) is 13.8 Å². The lowest BCUT2D eigenvalue weighted by molar-refractivity contribution is 0.102. The molecule has 0 saturated heterocycles. The first-order chi connectivity index (χ1) is 13.5. The van der Waals surface area contributed by atoms with Crippen LogP contribution in [0.5, 0.6) is 5.75 Å². The molecule has 1 N–H and O–H groups in total. The molecular formula is C22H19N3O2S. The molecule has 1 amide bonds. The van der Waals surface area contributed by atoms with Crippen LogP contribution in [0.1, 0.15) is 21.6 Å². The van der Waals surface area contributed by atoms with Gasteiger partial charge in [-0.25, -0.2) is 4.98 Å². The summed E-state index contributed by atoms with van der Waals surface area (Å²) in [6, 6.07) is 15.4. The summed E-state index contributed by atoms with van der Waals surface area (Å²) in [6.07, 6.45) is 0. The Bertz CT molecular complexity index is 1180. The van der Waals surface area contributed by atoms with Crippen molar-refractivity contribution >= 4 is 33.3 Å². The van der Waals surface area contributed by atoms with Crippen molar-refractivity contribution in [3.8, 4) is 17.0 Å². The number of fused-ring (bicyclic) bond motifs is 1. The molecule has 4 rings (SSSR count). The molecule has 2 aromatic heterocycles. The zero-order valence-corrected chi connectivity index (χ0v) is 16.6. The fourth-order valence-corrected chi connectivity index (χ4v) is 3.75. The maximum Gasteiger partial charge on any atom is 0.257 e. The zero-order chi connectivity index (χ0) is 19.7. The number of anilines is 1. The molecule has 4 aromatic rings. The van der Waals surface area contributed by atoms with E-state index in [2.05, 4.69) is 15.3 Å². The summed E-state index contributed by atoms with van der Waals surface area (Å²) in [5.74, 6) is 0.643. The molecule has 0 fully saturated rings. The number of nitrogens with one attached hydrogen (secondary N) is 1. The first-order valence-corrected chi connectivity index (χ1v) is 9.71. The summed E-state index contributed by atoms with van der Waals surface area (Å²) >= 11 is 1.40. The number of carbonyl (C=O) groups is 1. The predicted octanol–water partition coefficient (Wildman–Crippen LogP) is 5.24. The minimum atomic E-state index is -0.197. The number of pyridine rings is 1. The first kappa shape index (κ1) is 18.1. The van der Waals surface area contributed by atoms with Crippen LogP contribution in [0.2, 0.25) is 0 Å². The minimum absolute atomic E-state index is 0.197. The highest BCUT2D eigenvalue weighted by molar-refractivity contribution is 7.14. The molecule has 0 aliphatic carbocycles. The van der Waals surface area contributed by atoms with Crippen LogP contribution in [0.25, 0.3) is 22.2 Å². The van der Waals surface area contributed by atoms with Gasteiger partial charge in [-0.3, -0.25) is 15.1 Å². The average Bonchev–Trinajstić information content (AvgIpc) is 3.15. The van der Waals surface area contributed by atoms with Gasteiger partial charge >= 0.3 is 0 Å². The Hall–Kier alpha value is -3.25. The second-order valence-electron chi connectivity index (χ2n) is 6.54. The number of hydrogen-bond donors (Lipinski definition) is 1. The standard InChI is InChI=1S/C22H19N3O2S/c1-13-10-16(8-9-20(13)27-3)19-12-28-22(24-19)25-21(26)17-7-6-15-5-4-14(2)23-18(15)11-17/h4-12H,1-3H3,(H,24,25,26). The largest absolute Gasteiger partial charge is 0.496 e. The van der Waals surface area contributed by atoms with Crippen LogP contribution in [0.15, 0.2) is 53.9 Å². The van der Waals surface area contributed by atoms with Crippen molar-refractivity contribution in [1.82, 2.24) is 9.97 Å². The highest BCUT2D eigenvalue weighted by Crippen LogP contribution is 2.29. The second kappa shape index (κ2) is 7.40. The lowest BCUT2D eigenvalue weighted by Crippen LogP contribution is -2.11. The van der Waals surface area contributed by atoms with Gasteiger partial charge in [0.25, 0.3) is 5.91 Å². The fourth-order valence-electron chi connectivity index (χ4n) is 3.03. The summed E-state index contributed by atoms with van der Waals surface area (Å²) < 4.78 is 5.30. The van der Waals surface area contributed by atoms with E-state index in [1.54, 1.807) is 19.2 Å². The van der Waals surface area contributed by atoms with Crippen molar-refractivity contribution in [1.29, 1.82) is 0 Å². The third-order valence-corrected chi connectivity index (χ3v) is 5.27. The van der Waals surface area contributed by atoms with E-state index in [0.717, 1.165) is 39.2 Å². The number of amides is 1. The van der Waals surface area contributed by atoms with Gasteiger partial charge in [0.2, 0.25) is 0 Å². The van der Waals surface area contributed by atoms with E-state index in [1.807, 2.05) is 55.6 Å². The number of nitrogens with zero attached hydrogens (tertiary/aromatic N) is 2. The summed E-state index contributed by atoms with van der Waals surface area (Å²) in [6.45, 7) is 3.93. The Kier molecular flexibility index (Phi) is 4.79. The van der Waals surface area contributed by atoms with Gasteiger partial charge in [0, 0.05) is 27.6 Å². The third-order valence-electron chi connectivity index (χ3n) is 4.51. The van der Waals surface area contributed by atoms with E-state index >= 15 is 0 Å². The molecular weight excluding hydrogens is 370 g/mol. The van der Waals surface area contributed by atoms with Gasteiger partial charge in [-0.2, -0.15) is 0 Å². The second-order valence-corrected chi connectivity index (χ2v) is 7.39. The molecule has 0 unspecified atom stereocenters. The molecule has 140 valence electrons. The predicted molar refractivity (Wildman–Crippen MR) is 113 cm³/mol. The van der Waals surface area contributed by atoms with E-state index in [4.69, 9.17) is 4.74 Å². The molecule has 6 heteroatoms. The van der Waals surface area contributed by atoms with Crippen molar-refractivity contribution in [3.63, 3.8) is 0 Å². The number of thiazole rings is 1. The fraction of sp³-hybridized carbons (Fsp3) is 0.136. The van der Waals surface area contributed by atoms with E-state index < -0.39 is 0 Å². The number of hydrogen-bond acceptors (Lipinski definition) is 5. The van der Waals surface area contributed by atoms with E-state index in [9.17, 15) is 4.79 Å². The lowest BCUT2D eigenvalue weighted by Gasteiger charge is -2.06. The Morgan fingerprint density at radius 3 is 2.64 bits per heavy atom. The molecule has 2 aromatic carbocycles. The average molecular weight is 389 g/mol. The number of aryl methyl sites for hydroxylation is 2. The normalized spacial score (nSPS) is 10.8. The Morgan fingerprint density at radius 2 is 1.86 bits per heavy atom. The molecule has 0 aliphatic heterocycles. The van der Waals surface area contributed by atoms with Crippen molar-refractivity contribution in [3.05, 3.63) is 70.7 Å². The molecule has 2 heterocycles. The molecule has 0 radical (unpaired) electrons. The van der Waals surface area contributed by atoms with E-state index in [0.29, 0.717) is 10.7 Å². The van der Waals surface area contributed by atoms with Gasteiger partial charge in [-0.05, 0) is 55.8 Å². The van der Waals surface area contributed by atoms with Gasteiger partial charge in [-0.15, -0.1) is 11.3 Å². The van der Waals surface area contributed by atoms with Gasteiger partial charge < -0.3 is 4.74 Å². The number of benzene rings is 2. The smallest absolute Gasteiger partial charge is 0.257 e. The van der Waals surface area contributed by atoms with Crippen LogP contribution in [-0.4, -0.2) is 23.0 Å². The summed E-state index contributed by atoms with van der Waals surface area (Å²) in [4.78, 5) is 21.7. The van der Waals surface area contributed by atoms with Crippen molar-refractivity contribution in [2.45, 2.75) is 13.8 Å². The number of ether oxygens (including phenoxy) is 1. The van der Waals surface area contributed by atoms with Crippen molar-refractivity contribution in [2.24, 2.45) is 0 Å². The zero-order valence-electron chi connectivity index (χ0n) is 15.8. The van der Waals surface area contributed by atoms with Gasteiger partial charge in [0.15, 0.2) is 5.13 Å². The molecule has 0 aliphatic rings. The number of carbonyl (C=O) groups excluding carboxylic acids is 1. The summed E-state index contributed by atoms with van der Waals surface area (Å²) in [7, 11) is 1.65. The molecule has 0 saturated carbocycles. The first-order valence-electron chi connectivity index (χ1n) is 8.83. The van der Waals surface area contributed by atoms with Crippen LogP contribution in [0.3, 0.4) is 0 Å². The highest BCUT2D eigenvalue weighted by atomic mass is 32.1. The van der Waals surface area contributed by atoms with Crippen LogP contribution < -0.4 is 10.1 Å². The Morgan fingerprint density at radius 1 is 1.04 bits per heavy atom. The summed E-state index contributed by atoms with van der Waals surface area (Å²) in [5.41, 5.74) is 5.13. The topological polar surface area (TPSA) is 64.1 Å². The molecule has 0 spiro atoms. The maximum absolute atomic E-state index is 12.6. The molecule has 0 bridgehead atoms. The molecule has 5 nitrogen and oxygen atoms in total. The lowest BCUT2D eigenvalue weighted by atomic mass is 10.1. The van der Waals surface area contributed by atoms with E-state index in [1.165, 1.54) is 11.3 Å². The van der Waals surface area contributed by atoms with Crippen LogP contribution in [0.4, 0.5) is 5.13 Å². The number of methoxy groups -OCH3 is 1. The minimum Gasteiger partial charge on any atom is -0.496 e. The quantitative estimate of drug-likeness (QED) is 0.519. The SMILES string of the molecule is COc1ccc(-c2csc(NC(=O)c3ccc4ccc(C)nc4c3)n2)cc1C.